The number of hydrogen-bond donors (Lipinski definition) is 2. The lowest BCUT2D eigenvalue weighted by Crippen LogP contribution is -2.49. The van der Waals surface area contributed by atoms with Crippen LogP contribution >= 0.6 is 0 Å². The van der Waals surface area contributed by atoms with E-state index in [1.807, 2.05) is 20.9 Å². The van der Waals surface area contributed by atoms with Crippen LogP contribution in [0.25, 0.3) is 0 Å². The largest absolute Gasteiger partial charge is 0.495 e. The van der Waals surface area contributed by atoms with E-state index in [0.29, 0.717) is 12.3 Å². The highest BCUT2D eigenvalue weighted by Crippen LogP contribution is 2.32. The number of aryl methyl sites for hydroxylation is 1. The molecule has 2 N–H and O–H groups in total. The van der Waals surface area contributed by atoms with Crippen molar-refractivity contribution in [2.75, 3.05) is 88.7 Å². The van der Waals surface area contributed by atoms with Crippen LogP contribution in [0.5, 0.6) is 5.75 Å². The zero-order chi connectivity index (χ0) is 30.9. The molecule has 2 fully saturated rings. The fourth-order valence-electron chi connectivity index (χ4n) is 5.76. The van der Waals surface area contributed by atoms with Crippen LogP contribution in [0.3, 0.4) is 0 Å². The Bertz CT molecular complexity index is 1050. The van der Waals surface area contributed by atoms with Crippen LogP contribution in [-0.4, -0.2) is 91.5 Å². The highest BCUT2D eigenvalue weighted by atomic mass is 16.5. The lowest BCUT2D eigenvalue weighted by molar-refractivity contribution is -0.107. The minimum Gasteiger partial charge on any atom is -0.495 e. The van der Waals surface area contributed by atoms with E-state index in [9.17, 15) is 4.79 Å². The molecule has 0 atom stereocenters. The summed E-state index contributed by atoms with van der Waals surface area (Å²) in [5.74, 6) is 2.44. The quantitative estimate of drug-likeness (QED) is 0.287. The average Bonchev–Trinajstić information content (AvgIpc) is 3.02. The van der Waals surface area contributed by atoms with Gasteiger partial charge in [0.2, 0.25) is 0 Å². The van der Waals surface area contributed by atoms with Crippen molar-refractivity contribution in [1.29, 1.82) is 0 Å². The first-order valence-electron chi connectivity index (χ1n) is 15.4. The van der Waals surface area contributed by atoms with E-state index in [-0.39, 0.29) is 0 Å². The Morgan fingerprint density at radius 1 is 0.952 bits per heavy atom. The summed E-state index contributed by atoms with van der Waals surface area (Å²) in [5.41, 5.74) is 6.66. The smallest absolute Gasteiger partial charge is 0.144 e. The molecule has 0 unspecified atom stereocenters. The highest BCUT2D eigenvalue weighted by Gasteiger charge is 2.25. The van der Waals surface area contributed by atoms with Crippen molar-refractivity contribution in [3.63, 3.8) is 0 Å². The Morgan fingerprint density at radius 3 is 2.10 bits per heavy atom. The number of ether oxygens (including phenoxy) is 1. The first kappa shape index (κ1) is 35.1. The Morgan fingerprint density at radius 2 is 1.57 bits per heavy atom. The summed E-state index contributed by atoms with van der Waals surface area (Å²) in [5, 5.41) is 6.04. The first-order chi connectivity index (χ1) is 20.4. The molecule has 2 saturated heterocycles. The maximum Gasteiger partial charge on any atom is 0.144 e. The molecule has 0 saturated carbocycles. The summed E-state index contributed by atoms with van der Waals surface area (Å²) in [6.45, 7) is 17.8. The number of aldehydes is 1. The summed E-state index contributed by atoms with van der Waals surface area (Å²) in [4.78, 5) is 25.3. The number of nitrogens with zero attached hydrogens (tertiary/aromatic N) is 3. The molecular weight excluding hydrogens is 526 g/mol. The second-order valence-corrected chi connectivity index (χ2v) is 11.6. The Kier molecular flexibility index (Phi) is 16.0. The second kappa shape index (κ2) is 19.2. The third-order valence-corrected chi connectivity index (χ3v) is 8.15. The molecule has 42 heavy (non-hydrogen) atoms. The standard InChI is InChI=1S/C29H44N4O.C4H9NO.CH2O/c1-22(2)18-25-6-7-26(19-23(25)3)33-16-14-31(15-17-33)21-24-10-12-32(13-11-24)27-8-9-28(30-4)29(20-27)34-5;1-5-3-2-4-6;1-2/h6-9,19-20,22,24,30H,10-18,21H2,1-5H3;4-5H,2-3H2,1H3;1H2. The van der Waals surface area contributed by atoms with Gasteiger partial charge in [-0.25, -0.2) is 0 Å². The van der Waals surface area contributed by atoms with E-state index >= 15 is 0 Å². The number of nitrogens with one attached hydrogen (secondary N) is 2. The molecule has 4 rings (SSSR count). The number of anilines is 3. The van der Waals surface area contributed by atoms with E-state index in [1.54, 1.807) is 7.11 Å². The van der Waals surface area contributed by atoms with Gasteiger partial charge in [-0.2, -0.15) is 0 Å². The van der Waals surface area contributed by atoms with Crippen molar-refractivity contribution in [2.45, 2.75) is 46.5 Å². The molecule has 2 aromatic rings. The Labute approximate surface area is 254 Å². The van der Waals surface area contributed by atoms with Crippen LogP contribution in [0, 0.1) is 18.8 Å². The number of carbonyl (C=O) groups is 2. The van der Waals surface area contributed by atoms with Crippen molar-refractivity contribution < 1.29 is 14.3 Å². The van der Waals surface area contributed by atoms with Gasteiger partial charge in [-0.05, 0) is 80.5 Å². The Balaban J connectivity index is 0.000000686. The molecule has 0 aliphatic carbocycles. The fraction of sp³-hybridized carbons (Fsp3) is 0.588. The third-order valence-electron chi connectivity index (χ3n) is 8.15. The molecule has 234 valence electrons. The van der Waals surface area contributed by atoms with Gasteiger partial charge in [0, 0.05) is 83.3 Å². The van der Waals surface area contributed by atoms with E-state index in [4.69, 9.17) is 9.53 Å². The topological polar surface area (TPSA) is 77.2 Å². The van der Waals surface area contributed by atoms with E-state index < -0.39 is 0 Å². The van der Waals surface area contributed by atoms with Crippen molar-refractivity contribution in [3.8, 4) is 5.75 Å². The summed E-state index contributed by atoms with van der Waals surface area (Å²) >= 11 is 0. The minimum atomic E-state index is 0.622. The molecule has 2 heterocycles. The lowest BCUT2D eigenvalue weighted by Gasteiger charge is -2.40. The van der Waals surface area contributed by atoms with E-state index in [2.05, 4.69) is 82.5 Å². The monoisotopic (exact) mass is 581 g/mol. The molecule has 2 aliphatic heterocycles. The molecule has 8 heteroatoms. The number of carbonyl (C=O) groups excluding carboxylic acids is 2. The lowest BCUT2D eigenvalue weighted by atomic mass is 9.95. The van der Waals surface area contributed by atoms with Crippen molar-refractivity contribution in [3.05, 3.63) is 47.5 Å². The van der Waals surface area contributed by atoms with Crippen LogP contribution in [0.2, 0.25) is 0 Å². The van der Waals surface area contributed by atoms with Crippen molar-refractivity contribution in [1.82, 2.24) is 10.2 Å². The van der Waals surface area contributed by atoms with Gasteiger partial charge in [-0.15, -0.1) is 0 Å². The number of piperidine rings is 1. The SMILES string of the molecule is C=O.CNCCC=O.CNc1ccc(N2CCC(CN3CCN(c4ccc(CC(C)C)c(C)c4)CC3)CC2)cc1OC. The van der Waals surface area contributed by atoms with Gasteiger partial charge in [0.05, 0.1) is 12.8 Å². The fourth-order valence-corrected chi connectivity index (χ4v) is 5.76. The van der Waals surface area contributed by atoms with Crippen LogP contribution in [0.4, 0.5) is 17.1 Å². The number of benzene rings is 2. The summed E-state index contributed by atoms with van der Waals surface area (Å²) in [6.07, 6.45) is 5.24. The molecule has 8 nitrogen and oxygen atoms in total. The van der Waals surface area contributed by atoms with Gasteiger partial charge < -0.3 is 34.8 Å². The van der Waals surface area contributed by atoms with Gasteiger partial charge in [0.1, 0.15) is 18.8 Å². The molecular formula is C34H55N5O3. The normalized spacial score (nSPS) is 15.8. The first-order valence-corrected chi connectivity index (χ1v) is 15.4. The molecule has 0 amide bonds. The number of hydrogen-bond acceptors (Lipinski definition) is 8. The molecule has 0 aromatic heterocycles. The molecule has 0 spiro atoms. The molecule has 2 aliphatic rings. The number of methoxy groups -OCH3 is 1. The van der Waals surface area contributed by atoms with Gasteiger partial charge in [-0.3, -0.25) is 4.90 Å². The summed E-state index contributed by atoms with van der Waals surface area (Å²) in [6, 6.07) is 13.6. The second-order valence-electron chi connectivity index (χ2n) is 11.6. The van der Waals surface area contributed by atoms with Gasteiger partial charge >= 0.3 is 0 Å². The van der Waals surface area contributed by atoms with Gasteiger partial charge in [0.25, 0.3) is 0 Å². The van der Waals surface area contributed by atoms with Crippen LogP contribution < -0.4 is 25.2 Å². The highest BCUT2D eigenvalue weighted by molar-refractivity contribution is 5.64. The molecule has 0 radical (unpaired) electrons. The Hall–Kier alpha value is -3.10. The zero-order valence-corrected chi connectivity index (χ0v) is 27.0. The van der Waals surface area contributed by atoms with Crippen molar-refractivity contribution >= 4 is 30.1 Å². The average molecular weight is 582 g/mol. The zero-order valence-electron chi connectivity index (χ0n) is 27.0. The minimum absolute atomic E-state index is 0.622. The number of rotatable bonds is 11. The van der Waals surface area contributed by atoms with Gasteiger partial charge in [0.15, 0.2) is 0 Å². The van der Waals surface area contributed by atoms with Crippen LogP contribution in [0.1, 0.15) is 44.2 Å². The van der Waals surface area contributed by atoms with Crippen LogP contribution in [-0.2, 0) is 16.0 Å². The van der Waals surface area contributed by atoms with E-state index in [1.165, 1.54) is 61.4 Å². The van der Waals surface area contributed by atoms with Crippen molar-refractivity contribution in [2.24, 2.45) is 11.8 Å². The maximum atomic E-state index is 9.52. The van der Waals surface area contributed by atoms with Gasteiger partial charge in [-0.1, -0.05) is 19.9 Å². The predicted molar refractivity (Wildman–Crippen MR) is 178 cm³/mol. The summed E-state index contributed by atoms with van der Waals surface area (Å²) < 4.78 is 5.56. The maximum absolute atomic E-state index is 9.52. The third kappa shape index (κ3) is 11.0. The van der Waals surface area contributed by atoms with Crippen LogP contribution in [0.15, 0.2) is 36.4 Å². The van der Waals surface area contributed by atoms with E-state index in [0.717, 1.165) is 56.4 Å². The molecule has 2 aromatic carbocycles. The predicted octanol–water partition coefficient (Wildman–Crippen LogP) is 4.89. The molecule has 0 bridgehead atoms. The summed E-state index contributed by atoms with van der Waals surface area (Å²) in [7, 11) is 5.51. The number of piperazine rings is 1.